The summed E-state index contributed by atoms with van der Waals surface area (Å²) in [5.41, 5.74) is 5.62. The third kappa shape index (κ3) is 15.7. The number of aliphatic hydroxyl groups is 1. The van der Waals surface area contributed by atoms with Crippen LogP contribution in [0.5, 0.6) is 5.75 Å². The first-order valence-electron chi connectivity index (χ1n) is 13.3. The lowest BCUT2D eigenvalue weighted by molar-refractivity contribution is -0.126. The molecule has 1 aliphatic rings. The van der Waals surface area contributed by atoms with Gasteiger partial charge >= 0.3 is 5.30 Å². The van der Waals surface area contributed by atoms with Crippen molar-refractivity contribution in [1.82, 2.24) is 10.6 Å². The van der Waals surface area contributed by atoms with Crippen molar-refractivity contribution in [1.29, 1.82) is 0 Å². The number of benzene rings is 1. The first-order chi connectivity index (χ1) is 20.9. The number of aliphatic hydroxyl groups excluding tert-OH is 1. The van der Waals surface area contributed by atoms with Crippen molar-refractivity contribution >= 4 is 67.6 Å². The molecule has 1 heterocycles. The summed E-state index contributed by atoms with van der Waals surface area (Å²) < 4.78 is 28.0. The maximum atomic E-state index is 12.1. The molecule has 0 aromatic heterocycles. The number of nitrogens with two attached hydrogens (primary N) is 1. The summed E-state index contributed by atoms with van der Waals surface area (Å²) in [5.74, 6) is 5.63. The van der Waals surface area contributed by atoms with E-state index in [9.17, 15) is 19.5 Å². The van der Waals surface area contributed by atoms with Gasteiger partial charge in [-0.15, -0.1) is 0 Å². The van der Waals surface area contributed by atoms with E-state index in [-0.39, 0.29) is 56.8 Å². The van der Waals surface area contributed by atoms with Crippen LogP contribution in [0.4, 0.5) is 4.79 Å². The van der Waals surface area contributed by atoms with E-state index in [1.807, 2.05) is 6.26 Å². The molecule has 12 nitrogen and oxygen atoms in total. The lowest BCUT2D eigenvalue weighted by Gasteiger charge is -2.17. The van der Waals surface area contributed by atoms with Crippen LogP contribution >= 0.6 is 43.2 Å². The highest BCUT2D eigenvalue weighted by Gasteiger charge is 2.37. The van der Waals surface area contributed by atoms with Gasteiger partial charge in [0, 0.05) is 41.9 Å². The minimum atomic E-state index is -0.601. The minimum absolute atomic E-state index is 0.119. The molecular weight excluding hydrogens is 637 g/mol. The molecule has 1 aliphatic heterocycles. The SMILES string of the molecule is CSSC(=O)O[C@@H]1C[C@H]([B]C#CCNC(=O)COCCOC(COc2cccc(C(=O)NCCN)c2)SSC)OC1CO. The highest BCUT2D eigenvalue weighted by Crippen LogP contribution is 2.28. The monoisotopic (exact) mass is 674 g/mol. The minimum Gasteiger partial charge on any atom is -0.490 e. The van der Waals surface area contributed by atoms with Crippen LogP contribution in [0.3, 0.4) is 0 Å². The molecule has 0 saturated carbocycles. The summed E-state index contributed by atoms with van der Waals surface area (Å²) in [4.78, 5) is 35.8. The van der Waals surface area contributed by atoms with Gasteiger partial charge in [0.2, 0.25) is 5.91 Å². The lowest BCUT2D eigenvalue weighted by Crippen LogP contribution is -2.29. The zero-order valence-corrected chi connectivity index (χ0v) is 27.2. The highest BCUT2D eigenvalue weighted by atomic mass is 33.1. The van der Waals surface area contributed by atoms with Crippen molar-refractivity contribution in [2.75, 3.05) is 65.2 Å². The van der Waals surface area contributed by atoms with Crippen molar-refractivity contribution in [2.24, 2.45) is 5.73 Å². The Balaban J connectivity index is 1.60. The number of hydrogen-bond donors (Lipinski definition) is 4. The predicted molar refractivity (Wildman–Crippen MR) is 173 cm³/mol. The van der Waals surface area contributed by atoms with Crippen molar-refractivity contribution in [3.8, 4) is 17.5 Å². The number of carbonyl (C=O) groups is 3. The van der Waals surface area contributed by atoms with Crippen LogP contribution in [0.2, 0.25) is 0 Å². The molecule has 237 valence electrons. The third-order valence-corrected chi connectivity index (χ3v) is 8.64. The maximum absolute atomic E-state index is 12.1. The largest absolute Gasteiger partial charge is 0.490 e. The van der Waals surface area contributed by atoms with Gasteiger partial charge < -0.3 is 45.2 Å². The second kappa shape index (κ2) is 22.7. The van der Waals surface area contributed by atoms with E-state index in [0.29, 0.717) is 30.8 Å². The fourth-order valence-electron chi connectivity index (χ4n) is 3.54. The maximum Gasteiger partial charge on any atom is 0.378 e. The predicted octanol–water partition coefficient (Wildman–Crippen LogP) is 1.53. The molecule has 4 atom stereocenters. The van der Waals surface area contributed by atoms with Gasteiger partial charge in [0.05, 0.1) is 26.4 Å². The number of nitrogens with one attached hydrogen (secondary N) is 2. The van der Waals surface area contributed by atoms with Crippen molar-refractivity contribution < 1.29 is 43.2 Å². The number of carbonyl (C=O) groups excluding carboxylic acids is 3. The number of ether oxygens (including phenoxy) is 5. The van der Waals surface area contributed by atoms with Gasteiger partial charge in [0.15, 0.2) is 0 Å². The highest BCUT2D eigenvalue weighted by molar-refractivity contribution is 8.81. The Hall–Kier alpha value is -1.75. The normalized spacial score (nSPS) is 18.2. The number of hydrogen-bond acceptors (Lipinski definition) is 14. The third-order valence-electron chi connectivity index (χ3n) is 5.43. The first-order valence-corrected chi connectivity index (χ1v) is 18.4. The van der Waals surface area contributed by atoms with Crippen LogP contribution in [-0.4, -0.2) is 118 Å². The second-order valence-corrected chi connectivity index (χ2v) is 13.5. The average molecular weight is 675 g/mol. The molecule has 2 amide bonds. The zero-order chi connectivity index (χ0) is 31.3. The summed E-state index contributed by atoms with van der Waals surface area (Å²) in [7, 11) is 6.89. The smallest absolute Gasteiger partial charge is 0.378 e. The summed E-state index contributed by atoms with van der Waals surface area (Å²) in [6.07, 6.45) is 2.95. The van der Waals surface area contributed by atoms with Gasteiger partial charge in [-0.25, -0.2) is 4.79 Å². The molecule has 2 unspecified atom stereocenters. The lowest BCUT2D eigenvalue weighted by atomic mass is 9.71. The van der Waals surface area contributed by atoms with Crippen molar-refractivity contribution in [2.45, 2.75) is 30.1 Å². The van der Waals surface area contributed by atoms with E-state index < -0.39 is 23.5 Å². The topological polar surface area (TPSA) is 168 Å². The van der Waals surface area contributed by atoms with Crippen molar-refractivity contribution in [3.63, 3.8) is 0 Å². The van der Waals surface area contributed by atoms with Gasteiger partial charge in [-0.2, -0.15) is 5.82 Å². The molecule has 1 aromatic rings. The Morgan fingerprint density at radius 1 is 1.23 bits per heavy atom. The molecule has 43 heavy (non-hydrogen) atoms. The molecule has 1 saturated heterocycles. The van der Waals surface area contributed by atoms with E-state index in [2.05, 4.69) is 22.4 Å². The summed E-state index contributed by atoms with van der Waals surface area (Å²) in [6, 6.07) is 6.48. The fraction of sp³-hybridized carbons (Fsp3) is 0.577. The number of rotatable bonds is 19. The molecule has 0 spiro atoms. The molecule has 1 aromatic carbocycles. The van der Waals surface area contributed by atoms with E-state index in [0.717, 1.165) is 10.8 Å². The second-order valence-electron chi connectivity index (χ2n) is 8.55. The van der Waals surface area contributed by atoms with E-state index >= 15 is 0 Å². The standard InChI is InChI=1S/C26H37BN3O9S4/c1-40-42-24(17-37-19-6-3-5-18(13-19)25(33)30-10-8-28)36-12-11-35-16-23(32)29-9-4-7-27-22-14-20(21(15-31)38-22)39-26(34)43-41-2/h3,5-6,13,20-22,24,31H,8-12,14-17,28H2,1-2H3,(H,29,32)(H,30,33)/t20-,21?,22-,24?/m1/s1. The van der Waals surface area contributed by atoms with Gasteiger partial charge in [-0.05, 0) is 30.7 Å². The van der Waals surface area contributed by atoms with Crippen molar-refractivity contribution in [3.05, 3.63) is 29.8 Å². The molecular formula is C26H37BN3O9S4. The molecule has 0 aliphatic carbocycles. The van der Waals surface area contributed by atoms with Crippen LogP contribution in [0.15, 0.2) is 24.3 Å². The molecule has 17 heteroatoms. The van der Waals surface area contributed by atoms with E-state index in [1.54, 1.807) is 37.8 Å². The van der Waals surface area contributed by atoms with Gasteiger partial charge in [-0.1, -0.05) is 44.4 Å². The van der Waals surface area contributed by atoms with Crippen LogP contribution in [0, 0.1) is 11.7 Å². The first kappa shape index (κ1) is 37.4. The van der Waals surface area contributed by atoms with Crippen LogP contribution in [-0.2, 0) is 23.7 Å². The van der Waals surface area contributed by atoms with Crippen LogP contribution in [0.1, 0.15) is 16.8 Å². The molecule has 1 fully saturated rings. The zero-order valence-electron chi connectivity index (χ0n) is 24.0. The Kier molecular flexibility index (Phi) is 19.8. The van der Waals surface area contributed by atoms with Gasteiger partial charge in [0.1, 0.15) is 36.6 Å². The van der Waals surface area contributed by atoms with Crippen LogP contribution < -0.4 is 21.1 Å². The summed E-state index contributed by atoms with van der Waals surface area (Å²) in [6.45, 7) is 1.19. The quantitative estimate of drug-likeness (QED) is 0.0417. The number of amides is 2. The Bertz CT molecular complexity index is 1070. The molecule has 0 bridgehead atoms. The summed E-state index contributed by atoms with van der Waals surface area (Å²) >= 11 is 0. The van der Waals surface area contributed by atoms with Gasteiger partial charge in [0.25, 0.3) is 13.2 Å². The summed E-state index contributed by atoms with van der Waals surface area (Å²) in [5, 5.41) is 14.4. The van der Waals surface area contributed by atoms with E-state index in [4.69, 9.17) is 29.4 Å². The molecule has 2 rings (SSSR count). The Labute approximate surface area is 268 Å². The van der Waals surface area contributed by atoms with E-state index in [1.165, 1.54) is 32.4 Å². The average Bonchev–Trinajstić information content (AvgIpc) is 3.39. The molecule has 1 radical (unpaired) electrons. The molecule has 5 N–H and O–H groups in total. The van der Waals surface area contributed by atoms with Crippen LogP contribution in [0.25, 0.3) is 0 Å². The fourth-order valence-corrected chi connectivity index (χ4v) is 5.83. The van der Waals surface area contributed by atoms with Gasteiger partial charge in [-0.3, -0.25) is 9.59 Å². The Morgan fingerprint density at radius 2 is 2.07 bits per heavy atom. The Morgan fingerprint density at radius 3 is 2.81 bits per heavy atom.